The van der Waals surface area contributed by atoms with Crippen molar-refractivity contribution in [3.63, 3.8) is 0 Å². The van der Waals surface area contributed by atoms with Gasteiger partial charge in [0, 0.05) is 23.3 Å². The van der Waals surface area contributed by atoms with Crippen LogP contribution in [0.3, 0.4) is 0 Å². The maximum absolute atomic E-state index is 5.08. The Bertz CT molecular complexity index is 326. The summed E-state index contributed by atoms with van der Waals surface area (Å²) in [5, 5.41) is 3.31. The van der Waals surface area contributed by atoms with E-state index in [1.807, 2.05) is 11.8 Å². The Kier molecular flexibility index (Phi) is 4.35. The minimum Gasteiger partial charge on any atom is -0.367 e. The highest BCUT2D eigenvalue weighted by molar-refractivity contribution is 8.23. The summed E-state index contributed by atoms with van der Waals surface area (Å²) in [6.45, 7) is 0. The van der Waals surface area contributed by atoms with Crippen LogP contribution in [0, 0.1) is 0 Å². The number of hydrogen-bond acceptors (Lipinski definition) is 3. The summed E-state index contributed by atoms with van der Waals surface area (Å²) in [5.41, 5.74) is 1.40. The van der Waals surface area contributed by atoms with Gasteiger partial charge in [-0.05, 0) is 5.56 Å². The third kappa shape index (κ3) is 3.70. The van der Waals surface area contributed by atoms with E-state index in [2.05, 4.69) is 35.6 Å². The first-order valence-electron chi connectivity index (χ1n) is 4.89. The monoisotopic (exact) mass is 255 g/mol. The highest BCUT2D eigenvalue weighted by Crippen LogP contribution is 2.19. The molecule has 1 aromatic carbocycles. The molecule has 0 unspecified atom stereocenters. The molecule has 0 spiro atoms. The summed E-state index contributed by atoms with van der Waals surface area (Å²) in [6.07, 6.45) is 0. The van der Waals surface area contributed by atoms with E-state index in [0.29, 0.717) is 6.04 Å². The SMILES string of the molecule is S=C1N[C@@H](CSCc2ccccc2)CS1. The molecule has 0 amide bonds. The van der Waals surface area contributed by atoms with Crippen LogP contribution in [0.1, 0.15) is 5.56 Å². The molecule has 80 valence electrons. The van der Waals surface area contributed by atoms with Gasteiger partial charge in [0.2, 0.25) is 0 Å². The molecule has 1 fully saturated rings. The van der Waals surface area contributed by atoms with E-state index in [-0.39, 0.29) is 0 Å². The molecular formula is C11H13NS3. The van der Waals surface area contributed by atoms with Gasteiger partial charge in [0.25, 0.3) is 0 Å². The van der Waals surface area contributed by atoms with Crippen LogP contribution in [-0.4, -0.2) is 21.9 Å². The predicted molar refractivity (Wildman–Crippen MR) is 74.6 cm³/mol. The molecular weight excluding hydrogens is 242 g/mol. The van der Waals surface area contributed by atoms with Gasteiger partial charge >= 0.3 is 0 Å². The van der Waals surface area contributed by atoms with Gasteiger partial charge in [0.05, 0.1) is 0 Å². The first-order chi connectivity index (χ1) is 7.34. The number of nitrogens with one attached hydrogen (secondary N) is 1. The smallest absolute Gasteiger partial charge is 0.134 e. The second kappa shape index (κ2) is 5.77. The molecule has 1 saturated heterocycles. The zero-order chi connectivity index (χ0) is 10.5. The fourth-order valence-corrected chi connectivity index (χ4v) is 3.76. The summed E-state index contributed by atoms with van der Waals surface area (Å²) >= 11 is 8.81. The summed E-state index contributed by atoms with van der Waals surface area (Å²) in [7, 11) is 0. The molecule has 1 heterocycles. The fourth-order valence-electron chi connectivity index (χ4n) is 1.41. The Morgan fingerprint density at radius 2 is 2.20 bits per heavy atom. The van der Waals surface area contributed by atoms with Gasteiger partial charge in [0.15, 0.2) is 0 Å². The van der Waals surface area contributed by atoms with E-state index in [0.717, 1.165) is 21.6 Å². The second-order valence-corrected chi connectivity index (χ2v) is 6.17. The van der Waals surface area contributed by atoms with Crippen LogP contribution in [0.2, 0.25) is 0 Å². The van der Waals surface area contributed by atoms with Crippen LogP contribution >= 0.6 is 35.7 Å². The minimum absolute atomic E-state index is 0.566. The van der Waals surface area contributed by atoms with Gasteiger partial charge in [0.1, 0.15) is 4.32 Å². The number of thioether (sulfide) groups is 2. The van der Waals surface area contributed by atoms with E-state index in [9.17, 15) is 0 Å². The second-order valence-electron chi connectivity index (χ2n) is 3.44. The molecule has 1 atom stereocenters. The van der Waals surface area contributed by atoms with E-state index in [1.54, 1.807) is 11.8 Å². The number of benzene rings is 1. The van der Waals surface area contributed by atoms with E-state index in [4.69, 9.17) is 12.2 Å². The number of thiocarbonyl (C=S) groups is 1. The lowest BCUT2D eigenvalue weighted by Gasteiger charge is -2.08. The van der Waals surface area contributed by atoms with E-state index < -0.39 is 0 Å². The van der Waals surface area contributed by atoms with Crippen molar-refractivity contribution in [1.29, 1.82) is 0 Å². The highest BCUT2D eigenvalue weighted by Gasteiger charge is 2.18. The number of hydrogen-bond donors (Lipinski definition) is 1. The van der Waals surface area contributed by atoms with Gasteiger partial charge in [-0.3, -0.25) is 0 Å². The minimum atomic E-state index is 0.566. The van der Waals surface area contributed by atoms with Gasteiger partial charge in [-0.15, -0.1) is 0 Å². The zero-order valence-electron chi connectivity index (χ0n) is 8.31. The Morgan fingerprint density at radius 3 is 2.87 bits per heavy atom. The Hall–Kier alpha value is -0.190. The molecule has 1 N–H and O–H groups in total. The molecule has 0 aliphatic carbocycles. The van der Waals surface area contributed by atoms with Crippen molar-refractivity contribution in [2.75, 3.05) is 11.5 Å². The average Bonchev–Trinajstić information content (AvgIpc) is 2.66. The third-order valence-electron chi connectivity index (χ3n) is 2.17. The molecule has 0 bridgehead atoms. The van der Waals surface area contributed by atoms with Gasteiger partial charge in [-0.25, -0.2) is 0 Å². The quantitative estimate of drug-likeness (QED) is 0.830. The van der Waals surface area contributed by atoms with Crippen molar-refractivity contribution < 1.29 is 0 Å². The molecule has 0 saturated carbocycles. The van der Waals surface area contributed by atoms with Crippen LogP contribution in [0.5, 0.6) is 0 Å². The fraction of sp³-hybridized carbons (Fsp3) is 0.364. The summed E-state index contributed by atoms with van der Waals surface area (Å²) in [4.78, 5) is 0. The van der Waals surface area contributed by atoms with E-state index in [1.165, 1.54) is 5.56 Å². The normalized spacial score (nSPS) is 20.3. The van der Waals surface area contributed by atoms with Crippen LogP contribution < -0.4 is 5.32 Å². The zero-order valence-corrected chi connectivity index (χ0v) is 10.8. The van der Waals surface area contributed by atoms with Crippen molar-refractivity contribution in [2.24, 2.45) is 0 Å². The molecule has 1 nitrogen and oxygen atoms in total. The molecule has 1 aliphatic rings. The van der Waals surface area contributed by atoms with Gasteiger partial charge in [-0.1, -0.05) is 54.3 Å². The lowest BCUT2D eigenvalue weighted by atomic mass is 10.2. The molecule has 15 heavy (non-hydrogen) atoms. The van der Waals surface area contributed by atoms with Crippen LogP contribution in [0.4, 0.5) is 0 Å². The third-order valence-corrected chi connectivity index (χ3v) is 4.76. The van der Waals surface area contributed by atoms with Crippen LogP contribution in [0.15, 0.2) is 30.3 Å². The lowest BCUT2D eigenvalue weighted by molar-refractivity contribution is 0.784. The molecule has 0 radical (unpaired) electrons. The standard InChI is InChI=1S/C11H13NS3/c13-11-12-10(8-15-11)7-14-6-9-4-2-1-3-5-9/h1-5,10H,6-8H2,(H,12,13)/t10-/m0/s1. The molecule has 1 aliphatic heterocycles. The predicted octanol–water partition coefficient (Wildman–Crippen LogP) is 2.91. The molecule has 4 heteroatoms. The Balaban J connectivity index is 1.69. The Morgan fingerprint density at radius 1 is 1.40 bits per heavy atom. The van der Waals surface area contributed by atoms with Crippen molar-refractivity contribution in [2.45, 2.75) is 11.8 Å². The van der Waals surface area contributed by atoms with Gasteiger partial charge in [-0.2, -0.15) is 11.8 Å². The van der Waals surface area contributed by atoms with Crippen LogP contribution in [0.25, 0.3) is 0 Å². The first-order valence-corrected chi connectivity index (χ1v) is 7.44. The lowest BCUT2D eigenvalue weighted by Crippen LogP contribution is -2.28. The van der Waals surface area contributed by atoms with Crippen molar-refractivity contribution >= 4 is 40.1 Å². The van der Waals surface area contributed by atoms with E-state index >= 15 is 0 Å². The van der Waals surface area contributed by atoms with Crippen molar-refractivity contribution in [3.8, 4) is 0 Å². The maximum Gasteiger partial charge on any atom is 0.134 e. The summed E-state index contributed by atoms with van der Waals surface area (Å²) < 4.78 is 0.959. The molecule has 2 rings (SSSR count). The first kappa shape index (κ1) is 11.3. The Labute approximate surface area is 104 Å². The molecule has 0 aromatic heterocycles. The number of rotatable bonds is 4. The molecule has 1 aromatic rings. The topological polar surface area (TPSA) is 12.0 Å². The maximum atomic E-state index is 5.08. The van der Waals surface area contributed by atoms with Crippen LogP contribution in [-0.2, 0) is 5.75 Å². The highest BCUT2D eigenvalue weighted by atomic mass is 32.2. The average molecular weight is 255 g/mol. The van der Waals surface area contributed by atoms with Gasteiger partial charge < -0.3 is 5.32 Å². The largest absolute Gasteiger partial charge is 0.367 e. The van der Waals surface area contributed by atoms with Crippen molar-refractivity contribution in [1.82, 2.24) is 5.32 Å². The summed E-state index contributed by atoms with van der Waals surface area (Å²) in [6, 6.07) is 11.2. The van der Waals surface area contributed by atoms with Crippen molar-refractivity contribution in [3.05, 3.63) is 35.9 Å². The summed E-state index contributed by atoms with van der Waals surface area (Å²) in [5.74, 6) is 3.36.